The normalized spacial score (nSPS) is 10.4. The number of esters is 1. The minimum atomic E-state index is -0.470. The Bertz CT molecular complexity index is 963. The van der Waals surface area contributed by atoms with E-state index in [1.165, 1.54) is 6.92 Å². The van der Waals surface area contributed by atoms with E-state index in [2.05, 4.69) is 0 Å². The molecule has 29 heavy (non-hydrogen) atoms. The van der Waals surface area contributed by atoms with Gasteiger partial charge in [0.25, 0.3) is 5.91 Å². The number of rotatable bonds is 7. The van der Waals surface area contributed by atoms with Gasteiger partial charge in [0.1, 0.15) is 11.5 Å². The van der Waals surface area contributed by atoms with Crippen LogP contribution in [-0.4, -0.2) is 30.9 Å². The van der Waals surface area contributed by atoms with Crippen molar-refractivity contribution in [3.63, 3.8) is 0 Å². The highest BCUT2D eigenvalue weighted by atomic mass is 16.5. The number of hydrogen-bond acceptors (Lipinski definition) is 5. The molecule has 0 bridgehead atoms. The topological polar surface area (TPSA) is 63.0 Å². The second-order valence-electron chi connectivity index (χ2n) is 6.89. The first-order valence-corrected chi connectivity index (χ1v) is 9.29. The molecular weight excluding hydrogens is 368 g/mol. The monoisotopic (exact) mass is 392 g/mol. The number of para-hydroxylation sites is 1. The van der Waals surface area contributed by atoms with Crippen molar-refractivity contribution < 1.29 is 18.7 Å². The van der Waals surface area contributed by atoms with Gasteiger partial charge in [-0.2, -0.15) is 0 Å². The van der Waals surface area contributed by atoms with E-state index in [4.69, 9.17) is 9.15 Å². The third kappa shape index (κ3) is 5.25. The summed E-state index contributed by atoms with van der Waals surface area (Å²) >= 11 is 0. The summed E-state index contributed by atoms with van der Waals surface area (Å²) in [5, 5.41) is 0. The van der Waals surface area contributed by atoms with Crippen LogP contribution in [-0.2, 0) is 17.9 Å². The van der Waals surface area contributed by atoms with Crippen LogP contribution in [0.3, 0.4) is 0 Å². The Balaban J connectivity index is 1.89. The van der Waals surface area contributed by atoms with E-state index >= 15 is 0 Å². The molecule has 1 aromatic heterocycles. The average molecular weight is 392 g/mol. The number of ether oxygens (including phenoxy) is 1. The summed E-state index contributed by atoms with van der Waals surface area (Å²) in [5.41, 5.74) is 2.40. The third-order valence-electron chi connectivity index (χ3n) is 4.41. The minimum absolute atomic E-state index is 0.241. The Hall–Kier alpha value is -3.54. The van der Waals surface area contributed by atoms with Gasteiger partial charge < -0.3 is 19.0 Å². The van der Waals surface area contributed by atoms with E-state index in [0.29, 0.717) is 24.4 Å². The molecular formula is C23H24N2O4. The van der Waals surface area contributed by atoms with Crippen LogP contribution in [0, 0.1) is 0 Å². The molecule has 6 nitrogen and oxygen atoms in total. The molecule has 0 saturated carbocycles. The zero-order valence-corrected chi connectivity index (χ0v) is 16.8. The lowest BCUT2D eigenvalue weighted by molar-refractivity contribution is -0.131. The summed E-state index contributed by atoms with van der Waals surface area (Å²) in [6.45, 7) is 2.01. The van der Waals surface area contributed by atoms with Gasteiger partial charge in [-0.05, 0) is 42.0 Å². The van der Waals surface area contributed by atoms with Crippen LogP contribution in [0.5, 0.6) is 5.75 Å². The maximum Gasteiger partial charge on any atom is 0.308 e. The molecule has 0 radical (unpaired) electrons. The lowest BCUT2D eigenvalue weighted by Crippen LogP contribution is -2.30. The Morgan fingerprint density at radius 1 is 0.931 bits per heavy atom. The number of carbonyl (C=O) groups is 2. The summed E-state index contributed by atoms with van der Waals surface area (Å²) in [5.74, 6) is 0.211. The second-order valence-corrected chi connectivity index (χ2v) is 6.89. The van der Waals surface area contributed by atoms with Crippen molar-refractivity contribution in [3.05, 3.63) is 83.8 Å². The standard InChI is InChI=1S/C23H24N2O4/c1-17(26)29-22-9-5-4-8-21(22)23(27)25(16-20-7-6-14-28-20)15-18-10-12-19(13-11-18)24(2)3/h4-14H,15-16H2,1-3H3. The number of amides is 1. The first kappa shape index (κ1) is 20.2. The van der Waals surface area contributed by atoms with Crippen LogP contribution in [0.25, 0.3) is 0 Å². The third-order valence-corrected chi connectivity index (χ3v) is 4.41. The Morgan fingerprint density at radius 2 is 1.66 bits per heavy atom. The summed E-state index contributed by atoms with van der Waals surface area (Å²) in [6.07, 6.45) is 1.58. The molecule has 2 aromatic carbocycles. The molecule has 0 unspecified atom stereocenters. The van der Waals surface area contributed by atoms with E-state index in [1.807, 2.05) is 49.3 Å². The van der Waals surface area contributed by atoms with Crippen molar-refractivity contribution in [1.82, 2.24) is 4.90 Å². The first-order chi connectivity index (χ1) is 13.9. The van der Waals surface area contributed by atoms with Gasteiger partial charge in [-0.15, -0.1) is 0 Å². The van der Waals surface area contributed by atoms with E-state index < -0.39 is 5.97 Å². The van der Waals surface area contributed by atoms with Crippen molar-refractivity contribution in [2.75, 3.05) is 19.0 Å². The van der Waals surface area contributed by atoms with Gasteiger partial charge in [0, 0.05) is 33.3 Å². The van der Waals surface area contributed by atoms with Crippen LogP contribution in [0.15, 0.2) is 71.3 Å². The molecule has 3 rings (SSSR count). The lowest BCUT2D eigenvalue weighted by atomic mass is 10.1. The minimum Gasteiger partial charge on any atom is -0.467 e. The van der Waals surface area contributed by atoms with Gasteiger partial charge in [-0.1, -0.05) is 24.3 Å². The molecule has 0 aliphatic rings. The fraction of sp³-hybridized carbons (Fsp3) is 0.217. The number of furan rings is 1. The van der Waals surface area contributed by atoms with Crippen molar-refractivity contribution in [2.45, 2.75) is 20.0 Å². The zero-order chi connectivity index (χ0) is 20.8. The molecule has 150 valence electrons. The van der Waals surface area contributed by atoms with Gasteiger partial charge in [-0.3, -0.25) is 9.59 Å². The molecule has 0 aliphatic heterocycles. The second kappa shape index (κ2) is 9.10. The van der Waals surface area contributed by atoms with Gasteiger partial charge in [-0.25, -0.2) is 0 Å². The first-order valence-electron chi connectivity index (χ1n) is 9.29. The van der Waals surface area contributed by atoms with E-state index in [0.717, 1.165) is 11.3 Å². The highest BCUT2D eigenvalue weighted by molar-refractivity contribution is 5.97. The predicted molar refractivity (Wildman–Crippen MR) is 111 cm³/mol. The number of anilines is 1. The summed E-state index contributed by atoms with van der Waals surface area (Å²) < 4.78 is 10.7. The Morgan fingerprint density at radius 3 is 2.28 bits per heavy atom. The summed E-state index contributed by atoms with van der Waals surface area (Å²) in [6, 6.07) is 18.4. The molecule has 0 aliphatic carbocycles. The van der Waals surface area contributed by atoms with Gasteiger partial charge in [0.2, 0.25) is 0 Å². The smallest absolute Gasteiger partial charge is 0.308 e. The molecule has 0 fully saturated rings. The maximum atomic E-state index is 13.3. The van der Waals surface area contributed by atoms with Crippen LogP contribution in [0.2, 0.25) is 0 Å². The van der Waals surface area contributed by atoms with E-state index in [1.54, 1.807) is 41.5 Å². The largest absolute Gasteiger partial charge is 0.467 e. The molecule has 0 N–H and O–H groups in total. The zero-order valence-electron chi connectivity index (χ0n) is 16.8. The molecule has 6 heteroatoms. The fourth-order valence-electron chi connectivity index (χ4n) is 2.97. The summed E-state index contributed by atoms with van der Waals surface area (Å²) in [7, 11) is 3.96. The average Bonchev–Trinajstić information content (AvgIpc) is 3.20. The van der Waals surface area contributed by atoms with E-state index in [9.17, 15) is 9.59 Å². The van der Waals surface area contributed by atoms with Gasteiger partial charge >= 0.3 is 5.97 Å². The quantitative estimate of drug-likeness (QED) is 0.447. The molecule has 0 saturated heterocycles. The van der Waals surface area contributed by atoms with Gasteiger partial charge in [0.15, 0.2) is 0 Å². The Labute approximate surface area is 170 Å². The molecule has 1 heterocycles. The predicted octanol–water partition coefficient (Wildman–Crippen LogP) is 4.11. The molecule has 1 amide bonds. The van der Waals surface area contributed by atoms with Crippen molar-refractivity contribution in [1.29, 1.82) is 0 Å². The van der Waals surface area contributed by atoms with Gasteiger partial charge in [0.05, 0.1) is 18.4 Å². The number of benzene rings is 2. The molecule has 3 aromatic rings. The van der Waals surface area contributed by atoms with E-state index in [-0.39, 0.29) is 11.7 Å². The molecule has 0 atom stereocenters. The van der Waals surface area contributed by atoms with Crippen LogP contribution < -0.4 is 9.64 Å². The SMILES string of the molecule is CC(=O)Oc1ccccc1C(=O)N(Cc1ccc(N(C)C)cc1)Cc1ccco1. The van der Waals surface area contributed by atoms with Crippen LogP contribution in [0.4, 0.5) is 5.69 Å². The maximum absolute atomic E-state index is 13.3. The number of carbonyl (C=O) groups excluding carboxylic acids is 2. The lowest BCUT2D eigenvalue weighted by Gasteiger charge is -2.23. The van der Waals surface area contributed by atoms with Crippen molar-refractivity contribution in [2.24, 2.45) is 0 Å². The fourth-order valence-corrected chi connectivity index (χ4v) is 2.97. The summed E-state index contributed by atoms with van der Waals surface area (Å²) in [4.78, 5) is 28.5. The Kier molecular flexibility index (Phi) is 6.34. The number of hydrogen-bond donors (Lipinski definition) is 0. The highest BCUT2D eigenvalue weighted by Gasteiger charge is 2.22. The van der Waals surface area contributed by atoms with Crippen LogP contribution in [0.1, 0.15) is 28.6 Å². The van der Waals surface area contributed by atoms with Crippen molar-refractivity contribution in [3.8, 4) is 5.75 Å². The van der Waals surface area contributed by atoms with Crippen molar-refractivity contribution >= 4 is 17.6 Å². The molecule has 0 spiro atoms. The highest BCUT2D eigenvalue weighted by Crippen LogP contribution is 2.23. The van der Waals surface area contributed by atoms with Crippen LogP contribution >= 0.6 is 0 Å². The number of nitrogens with zero attached hydrogens (tertiary/aromatic N) is 2.